The van der Waals surface area contributed by atoms with E-state index in [0.29, 0.717) is 31.3 Å². The molecular formula is C26H33N5O4. The lowest BCUT2D eigenvalue weighted by Gasteiger charge is -2.31. The number of nitrogens with zero attached hydrogens (tertiary/aromatic N) is 5. The van der Waals surface area contributed by atoms with Crippen LogP contribution in [-0.4, -0.2) is 51.2 Å². The number of carbonyl (C=O) groups excluding carboxylic acids is 1. The van der Waals surface area contributed by atoms with Crippen LogP contribution in [0.15, 0.2) is 30.5 Å². The molecule has 3 aromatic rings. The normalized spacial score (nSPS) is 18.4. The van der Waals surface area contributed by atoms with Gasteiger partial charge < -0.3 is 14.2 Å². The lowest BCUT2D eigenvalue weighted by molar-refractivity contribution is -0.0366. The topological polar surface area (TPSA) is 91.6 Å². The fraction of sp³-hybridized carbons (Fsp3) is 0.538. The largest absolute Gasteiger partial charge is 0.477 e. The van der Waals surface area contributed by atoms with Gasteiger partial charge in [0.25, 0.3) is 0 Å². The number of hydrogen-bond donors (Lipinski definition) is 0. The molecule has 0 aromatic carbocycles. The van der Waals surface area contributed by atoms with Crippen LogP contribution in [0.5, 0.6) is 5.88 Å². The zero-order valence-electron chi connectivity index (χ0n) is 20.7. The van der Waals surface area contributed by atoms with E-state index >= 15 is 0 Å². The van der Waals surface area contributed by atoms with Crippen LogP contribution in [0, 0.1) is 0 Å². The average molecular weight is 480 g/mol. The fourth-order valence-corrected chi connectivity index (χ4v) is 4.52. The van der Waals surface area contributed by atoms with E-state index in [0.717, 1.165) is 61.0 Å². The number of rotatable bonds is 5. The molecule has 0 spiro atoms. The summed E-state index contributed by atoms with van der Waals surface area (Å²) in [5.74, 6) is 1.25. The van der Waals surface area contributed by atoms with Crippen molar-refractivity contribution in [1.29, 1.82) is 0 Å². The van der Waals surface area contributed by atoms with Crippen molar-refractivity contribution in [3.8, 4) is 5.88 Å². The van der Waals surface area contributed by atoms with Gasteiger partial charge in [-0.25, -0.2) is 19.4 Å². The van der Waals surface area contributed by atoms with Gasteiger partial charge in [0.2, 0.25) is 5.88 Å². The Balaban J connectivity index is 1.23. The molecule has 0 radical (unpaired) electrons. The summed E-state index contributed by atoms with van der Waals surface area (Å²) in [6.07, 6.45) is 7.00. The number of aromatic nitrogens is 4. The Kier molecular flexibility index (Phi) is 6.60. The molecule has 1 atom stereocenters. The number of pyridine rings is 2. The van der Waals surface area contributed by atoms with Crippen LogP contribution in [0.2, 0.25) is 0 Å². The van der Waals surface area contributed by atoms with Crippen molar-refractivity contribution in [1.82, 2.24) is 19.7 Å². The molecule has 9 nitrogen and oxygen atoms in total. The number of anilines is 1. The lowest BCUT2D eigenvalue weighted by Crippen LogP contribution is -2.40. The molecule has 9 heteroatoms. The summed E-state index contributed by atoms with van der Waals surface area (Å²) >= 11 is 0. The van der Waals surface area contributed by atoms with Gasteiger partial charge in [-0.15, -0.1) is 0 Å². The Morgan fingerprint density at radius 3 is 2.83 bits per heavy atom. The molecule has 0 aliphatic carbocycles. The van der Waals surface area contributed by atoms with E-state index < -0.39 is 5.60 Å². The van der Waals surface area contributed by atoms with Gasteiger partial charge in [0.05, 0.1) is 18.3 Å². The lowest BCUT2D eigenvalue weighted by atomic mass is 10.1. The highest BCUT2D eigenvalue weighted by molar-refractivity contribution is 5.88. The third kappa shape index (κ3) is 5.40. The van der Waals surface area contributed by atoms with Crippen LogP contribution in [-0.2, 0) is 22.3 Å². The molecule has 2 aliphatic heterocycles. The first-order valence-electron chi connectivity index (χ1n) is 12.5. The number of carbonyl (C=O) groups is 1. The van der Waals surface area contributed by atoms with E-state index in [1.807, 2.05) is 43.7 Å². The van der Waals surface area contributed by atoms with Gasteiger partial charge >= 0.3 is 6.09 Å². The van der Waals surface area contributed by atoms with Crippen molar-refractivity contribution < 1.29 is 19.0 Å². The minimum absolute atomic E-state index is 0.0230. The third-order valence-electron chi connectivity index (χ3n) is 6.18. The van der Waals surface area contributed by atoms with Gasteiger partial charge in [0.15, 0.2) is 6.23 Å². The molecule has 5 heterocycles. The van der Waals surface area contributed by atoms with Gasteiger partial charge in [-0.3, -0.25) is 4.90 Å². The smallest absolute Gasteiger partial charge is 0.416 e. The van der Waals surface area contributed by atoms with Gasteiger partial charge in [-0.05, 0) is 70.6 Å². The van der Waals surface area contributed by atoms with Crippen molar-refractivity contribution in [2.24, 2.45) is 0 Å². The quantitative estimate of drug-likeness (QED) is 0.517. The van der Waals surface area contributed by atoms with Gasteiger partial charge in [0, 0.05) is 31.3 Å². The molecule has 5 rings (SSSR count). The van der Waals surface area contributed by atoms with Crippen molar-refractivity contribution in [3.05, 3.63) is 41.7 Å². The number of fused-ring (bicyclic) bond motifs is 2. The fourth-order valence-electron chi connectivity index (χ4n) is 4.52. The predicted molar refractivity (Wildman–Crippen MR) is 132 cm³/mol. The first-order chi connectivity index (χ1) is 16.9. The minimum Gasteiger partial charge on any atom is -0.477 e. The van der Waals surface area contributed by atoms with E-state index in [9.17, 15) is 4.79 Å². The summed E-state index contributed by atoms with van der Waals surface area (Å²) in [6.45, 7) is 7.42. The maximum atomic E-state index is 12.7. The molecule has 35 heavy (non-hydrogen) atoms. The molecule has 1 fully saturated rings. The molecular weight excluding hydrogens is 446 g/mol. The van der Waals surface area contributed by atoms with Crippen LogP contribution >= 0.6 is 0 Å². The van der Waals surface area contributed by atoms with Crippen LogP contribution in [0.25, 0.3) is 11.0 Å². The molecule has 0 bridgehead atoms. The van der Waals surface area contributed by atoms with E-state index in [1.54, 1.807) is 11.1 Å². The molecule has 2 aliphatic rings. The zero-order chi connectivity index (χ0) is 24.4. The highest BCUT2D eigenvalue weighted by Crippen LogP contribution is 2.28. The number of hydrogen-bond acceptors (Lipinski definition) is 7. The monoisotopic (exact) mass is 479 g/mol. The second-order valence-electron chi connectivity index (χ2n) is 10.1. The van der Waals surface area contributed by atoms with Gasteiger partial charge in [-0.1, -0.05) is 6.07 Å². The van der Waals surface area contributed by atoms with Crippen molar-refractivity contribution in [2.45, 2.75) is 71.1 Å². The van der Waals surface area contributed by atoms with Crippen molar-refractivity contribution >= 4 is 22.9 Å². The second kappa shape index (κ2) is 9.81. The Hall–Kier alpha value is -3.20. The van der Waals surface area contributed by atoms with E-state index in [-0.39, 0.29) is 12.3 Å². The molecule has 186 valence electrons. The van der Waals surface area contributed by atoms with Crippen LogP contribution in [0.4, 0.5) is 10.6 Å². The number of amides is 1. The molecule has 1 unspecified atom stereocenters. The average Bonchev–Trinajstić information content (AvgIpc) is 3.26. The summed E-state index contributed by atoms with van der Waals surface area (Å²) in [5.41, 5.74) is 3.12. The summed E-state index contributed by atoms with van der Waals surface area (Å²) in [7, 11) is 0. The first kappa shape index (κ1) is 23.5. The predicted octanol–water partition coefficient (Wildman–Crippen LogP) is 4.83. The maximum Gasteiger partial charge on any atom is 0.416 e. The van der Waals surface area contributed by atoms with Crippen LogP contribution in [0.3, 0.4) is 0 Å². The number of aryl methyl sites for hydroxylation is 1. The summed E-state index contributed by atoms with van der Waals surface area (Å²) in [5, 5.41) is 4.49. The zero-order valence-corrected chi connectivity index (χ0v) is 20.7. The second-order valence-corrected chi connectivity index (χ2v) is 10.1. The Morgan fingerprint density at radius 2 is 2.03 bits per heavy atom. The molecule has 3 aromatic heterocycles. The third-order valence-corrected chi connectivity index (χ3v) is 6.18. The maximum absolute atomic E-state index is 12.7. The Morgan fingerprint density at radius 1 is 1.14 bits per heavy atom. The SMILES string of the molecule is CC(C)(C)OC(=O)N1CCCc2ccc(CCOc3ccc4c(cnn4C4CCCCO4)n3)nc21. The van der Waals surface area contributed by atoms with Crippen LogP contribution in [0.1, 0.15) is 63.9 Å². The Labute approximate surface area is 205 Å². The van der Waals surface area contributed by atoms with E-state index in [4.69, 9.17) is 19.2 Å². The standard InChI is InChI=1S/C26H33N5O4/c1-26(2,3)35-25(32)30-14-6-7-18-9-10-19(28-24(18)30)13-16-33-22-12-11-21-20(29-22)17-27-31(21)23-8-4-5-15-34-23/h9-12,17,23H,4-8,13-16H2,1-3H3. The highest BCUT2D eigenvalue weighted by Gasteiger charge is 2.28. The van der Waals surface area contributed by atoms with Gasteiger partial charge in [0.1, 0.15) is 16.9 Å². The van der Waals surface area contributed by atoms with E-state index in [1.165, 1.54) is 0 Å². The molecule has 1 amide bonds. The van der Waals surface area contributed by atoms with Crippen molar-refractivity contribution in [2.75, 3.05) is 24.7 Å². The molecule has 0 N–H and O–H groups in total. The first-order valence-corrected chi connectivity index (χ1v) is 12.5. The van der Waals surface area contributed by atoms with Crippen molar-refractivity contribution in [3.63, 3.8) is 0 Å². The summed E-state index contributed by atoms with van der Waals surface area (Å²) in [6, 6.07) is 7.91. The minimum atomic E-state index is -0.547. The molecule has 1 saturated heterocycles. The number of ether oxygens (including phenoxy) is 3. The summed E-state index contributed by atoms with van der Waals surface area (Å²) < 4.78 is 19.3. The van der Waals surface area contributed by atoms with Gasteiger partial charge in [-0.2, -0.15) is 5.10 Å². The Bertz CT molecular complexity index is 1200. The summed E-state index contributed by atoms with van der Waals surface area (Å²) in [4.78, 5) is 23.8. The molecule has 0 saturated carbocycles. The highest BCUT2D eigenvalue weighted by atomic mass is 16.6. The van der Waals surface area contributed by atoms with Crippen LogP contribution < -0.4 is 9.64 Å². The van der Waals surface area contributed by atoms with E-state index in [2.05, 4.69) is 16.1 Å².